The molecule has 0 fully saturated rings. The van der Waals surface area contributed by atoms with E-state index in [0.29, 0.717) is 0 Å². The molecule has 0 saturated heterocycles. The Morgan fingerprint density at radius 2 is 1.86 bits per heavy atom. The second-order valence-electron chi connectivity index (χ2n) is 3.77. The third kappa shape index (κ3) is 4.68. The van der Waals surface area contributed by atoms with Gasteiger partial charge in [0.2, 0.25) is 0 Å². The van der Waals surface area contributed by atoms with Crippen LogP contribution in [-0.4, -0.2) is 45.8 Å². The first-order valence-electron chi connectivity index (χ1n) is 5.92. The number of rotatable bonds is 5. The molecule has 0 aliphatic rings. The summed E-state index contributed by atoms with van der Waals surface area (Å²) in [4.78, 5) is 33.7. The quantitative estimate of drug-likeness (QED) is 0.758. The van der Waals surface area contributed by atoms with Crippen molar-refractivity contribution in [3.05, 3.63) is 23.8 Å². The van der Waals surface area contributed by atoms with E-state index in [1.54, 1.807) is 0 Å². The van der Waals surface area contributed by atoms with E-state index in [1.807, 2.05) is 5.32 Å². The summed E-state index contributed by atoms with van der Waals surface area (Å²) in [5.74, 6) is -0.603. The third-order valence-electron chi connectivity index (χ3n) is 2.42. The first kappa shape index (κ1) is 16.3. The molecule has 2 N–H and O–H groups in total. The van der Waals surface area contributed by atoms with Gasteiger partial charge in [0.1, 0.15) is 0 Å². The second kappa shape index (κ2) is 7.73. The lowest BCUT2D eigenvalue weighted by molar-refractivity contribution is -0.122. The normalized spacial score (nSPS) is 9.48. The van der Waals surface area contributed by atoms with Gasteiger partial charge >= 0.3 is 12.0 Å². The maximum atomic E-state index is 11.4. The number of hydrogen-bond donors (Lipinski definition) is 2. The van der Waals surface area contributed by atoms with Gasteiger partial charge in [-0.3, -0.25) is 10.1 Å². The summed E-state index contributed by atoms with van der Waals surface area (Å²) in [7, 11) is 4.05. The first-order chi connectivity index (χ1) is 10.0. The van der Waals surface area contributed by atoms with E-state index < -0.39 is 17.9 Å². The Balaban J connectivity index is 2.73. The van der Waals surface area contributed by atoms with Crippen molar-refractivity contribution in [3.8, 4) is 11.5 Å². The molecule has 21 heavy (non-hydrogen) atoms. The van der Waals surface area contributed by atoms with Gasteiger partial charge in [0, 0.05) is 7.05 Å². The first-order valence-corrected chi connectivity index (χ1v) is 5.92. The van der Waals surface area contributed by atoms with Crippen LogP contribution >= 0.6 is 0 Å². The summed E-state index contributed by atoms with van der Waals surface area (Å²) in [6.45, 7) is -0.374. The van der Waals surface area contributed by atoms with Crippen LogP contribution in [0.2, 0.25) is 0 Å². The third-order valence-corrected chi connectivity index (χ3v) is 2.42. The van der Waals surface area contributed by atoms with Crippen LogP contribution in [0.1, 0.15) is 10.4 Å². The maximum absolute atomic E-state index is 11.4. The maximum Gasteiger partial charge on any atom is 0.337 e. The highest BCUT2D eigenvalue weighted by molar-refractivity contribution is 5.95. The molecule has 0 bridgehead atoms. The van der Waals surface area contributed by atoms with Gasteiger partial charge in [-0.15, -0.1) is 0 Å². The number of urea groups is 1. The smallest absolute Gasteiger partial charge is 0.337 e. The number of imide groups is 1. The molecule has 0 aromatic heterocycles. The minimum Gasteiger partial charge on any atom is -0.493 e. The van der Waals surface area contributed by atoms with E-state index in [9.17, 15) is 14.4 Å². The van der Waals surface area contributed by atoms with Crippen molar-refractivity contribution in [1.29, 1.82) is 0 Å². The molecule has 1 rings (SSSR count). The molecule has 0 atom stereocenters. The van der Waals surface area contributed by atoms with Gasteiger partial charge in [0.15, 0.2) is 18.1 Å². The number of methoxy groups -OCH3 is 2. The summed E-state index contributed by atoms with van der Waals surface area (Å²) >= 11 is 0. The zero-order chi connectivity index (χ0) is 15.8. The zero-order valence-corrected chi connectivity index (χ0v) is 11.9. The zero-order valence-electron chi connectivity index (χ0n) is 11.9. The molecular formula is C13H16N2O6. The van der Waals surface area contributed by atoms with Crippen molar-refractivity contribution >= 4 is 17.9 Å². The molecule has 0 heterocycles. The lowest BCUT2D eigenvalue weighted by Gasteiger charge is -2.11. The Kier molecular flexibility index (Phi) is 5.99. The van der Waals surface area contributed by atoms with E-state index in [4.69, 9.17) is 9.47 Å². The van der Waals surface area contributed by atoms with Crippen molar-refractivity contribution in [2.75, 3.05) is 27.9 Å². The predicted molar refractivity (Wildman–Crippen MR) is 72.4 cm³/mol. The standard InChI is InChI=1S/C13H16N2O6/c1-14-13(18)15-11(16)7-21-9-5-4-8(12(17)20-3)6-10(9)19-2/h4-6H,7H2,1-3H3,(H2,14,15,16,18). The van der Waals surface area contributed by atoms with E-state index in [1.165, 1.54) is 39.5 Å². The number of carbonyl (C=O) groups excluding carboxylic acids is 3. The molecule has 8 heteroatoms. The topological polar surface area (TPSA) is 103 Å². The van der Waals surface area contributed by atoms with E-state index in [0.717, 1.165) is 0 Å². The summed E-state index contributed by atoms with van der Waals surface area (Å²) in [6, 6.07) is 3.74. The minimum absolute atomic E-state index is 0.261. The van der Waals surface area contributed by atoms with E-state index in [2.05, 4.69) is 10.1 Å². The van der Waals surface area contributed by atoms with Crippen LogP contribution in [0.3, 0.4) is 0 Å². The number of benzene rings is 1. The minimum atomic E-state index is -0.628. The number of nitrogens with one attached hydrogen (secondary N) is 2. The number of ether oxygens (including phenoxy) is 3. The van der Waals surface area contributed by atoms with Crippen molar-refractivity contribution in [1.82, 2.24) is 10.6 Å². The Hall–Kier alpha value is -2.77. The Morgan fingerprint density at radius 1 is 1.14 bits per heavy atom. The average Bonchev–Trinajstić information content (AvgIpc) is 2.51. The molecule has 0 aliphatic carbocycles. The van der Waals surface area contributed by atoms with Crippen LogP contribution in [-0.2, 0) is 9.53 Å². The van der Waals surface area contributed by atoms with Crippen LogP contribution in [0.25, 0.3) is 0 Å². The van der Waals surface area contributed by atoms with E-state index in [-0.39, 0.29) is 23.7 Å². The Morgan fingerprint density at radius 3 is 2.43 bits per heavy atom. The number of esters is 1. The lowest BCUT2D eigenvalue weighted by Crippen LogP contribution is -2.39. The Bertz CT molecular complexity index is 543. The molecule has 0 radical (unpaired) electrons. The fourth-order valence-corrected chi connectivity index (χ4v) is 1.40. The molecule has 0 spiro atoms. The monoisotopic (exact) mass is 296 g/mol. The van der Waals surface area contributed by atoms with E-state index >= 15 is 0 Å². The number of amides is 3. The molecule has 3 amide bonds. The van der Waals surface area contributed by atoms with Gasteiger partial charge in [-0.2, -0.15) is 0 Å². The summed E-state index contributed by atoms with van der Waals surface area (Å²) in [6.07, 6.45) is 0. The molecule has 1 aromatic rings. The molecule has 0 aliphatic heterocycles. The predicted octanol–water partition coefficient (Wildman–Crippen LogP) is 0.316. The van der Waals surface area contributed by atoms with Crippen LogP contribution < -0.4 is 20.1 Å². The SMILES string of the molecule is CNC(=O)NC(=O)COc1ccc(C(=O)OC)cc1OC. The lowest BCUT2D eigenvalue weighted by atomic mass is 10.2. The van der Waals surface area contributed by atoms with Crippen LogP contribution in [0.15, 0.2) is 18.2 Å². The summed E-state index contributed by atoms with van der Waals surface area (Å²) in [5.41, 5.74) is 0.288. The summed E-state index contributed by atoms with van der Waals surface area (Å²) in [5, 5.41) is 4.29. The van der Waals surface area contributed by atoms with Gasteiger partial charge in [-0.05, 0) is 18.2 Å². The molecule has 0 unspecified atom stereocenters. The molecule has 1 aromatic carbocycles. The van der Waals surface area contributed by atoms with Gasteiger partial charge < -0.3 is 19.5 Å². The highest BCUT2D eigenvalue weighted by Crippen LogP contribution is 2.28. The van der Waals surface area contributed by atoms with Crippen molar-refractivity contribution in [2.45, 2.75) is 0 Å². The van der Waals surface area contributed by atoms with Crippen LogP contribution in [0, 0.1) is 0 Å². The van der Waals surface area contributed by atoms with Gasteiger partial charge in [0.25, 0.3) is 5.91 Å². The van der Waals surface area contributed by atoms with Gasteiger partial charge in [-0.25, -0.2) is 9.59 Å². The Labute approximate surface area is 121 Å². The largest absolute Gasteiger partial charge is 0.493 e. The van der Waals surface area contributed by atoms with Crippen LogP contribution in [0.5, 0.6) is 11.5 Å². The highest BCUT2D eigenvalue weighted by Gasteiger charge is 2.13. The van der Waals surface area contributed by atoms with Gasteiger partial charge in [0.05, 0.1) is 19.8 Å². The number of hydrogen-bond acceptors (Lipinski definition) is 6. The fourth-order valence-electron chi connectivity index (χ4n) is 1.40. The van der Waals surface area contributed by atoms with Gasteiger partial charge in [-0.1, -0.05) is 0 Å². The highest BCUT2D eigenvalue weighted by atomic mass is 16.5. The summed E-state index contributed by atoms with van der Waals surface area (Å²) < 4.78 is 14.9. The van der Waals surface area contributed by atoms with Crippen LogP contribution in [0.4, 0.5) is 4.79 Å². The second-order valence-corrected chi connectivity index (χ2v) is 3.77. The van der Waals surface area contributed by atoms with Crippen molar-refractivity contribution in [2.24, 2.45) is 0 Å². The number of carbonyl (C=O) groups is 3. The van der Waals surface area contributed by atoms with Crippen molar-refractivity contribution < 1.29 is 28.6 Å². The molecule has 114 valence electrons. The van der Waals surface area contributed by atoms with Crippen molar-refractivity contribution in [3.63, 3.8) is 0 Å². The fraction of sp³-hybridized carbons (Fsp3) is 0.308. The molecule has 0 saturated carbocycles. The molecular weight excluding hydrogens is 280 g/mol. The molecule has 8 nitrogen and oxygen atoms in total. The average molecular weight is 296 g/mol.